The van der Waals surface area contributed by atoms with Crippen LogP contribution in [0, 0.1) is 0 Å². The Morgan fingerprint density at radius 1 is 1.03 bits per heavy atom. The Kier molecular flexibility index (Phi) is 9.36. The first-order chi connectivity index (χ1) is 15.8. The third kappa shape index (κ3) is 7.83. The normalized spacial score (nSPS) is 20.5. The number of benzene rings is 2. The van der Waals surface area contributed by atoms with Gasteiger partial charge in [0.2, 0.25) is 11.8 Å². The van der Waals surface area contributed by atoms with Crippen LogP contribution in [0.4, 0.5) is 0 Å². The molecule has 0 bridgehead atoms. The minimum atomic E-state index is -0.109. The number of rotatable bonds is 9. The maximum atomic E-state index is 12.4. The number of halogens is 2. The number of nitrogens with one attached hydrogen (secondary N) is 2. The second-order valence-electron chi connectivity index (χ2n) is 9.17. The van der Waals surface area contributed by atoms with Gasteiger partial charge in [-0.25, -0.2) is 0 Å². The van der Waals surface area contributed by atoms with E-state index in [1.54, 1.807) is 0 Å². The van der Waals surface area contributed by atoms with Crippen LogP contribution in [0.15, 0.2) is 53.0 Å². The Morgan fingerprint density at radius 3 is 2.36 bits per heavy atom. The molecular weight excluding hydrogens is 502 g/mol. The summed E-state index contributed by atoms with van der Waals surface area (Å²) in [7, 11) is 4.27. The highest BCUT2D eigenvalue weighted by molar-refractivity contribution is 9.10. The Bertz CT molecular complexity index is 958. The zero-order chi connectivity index (χ0) is 23.8. The molecule has 0 aliphatic heterocycles. The number of likely N-dealkylation sites (N-methyl/N-ethyl adjacent to an activating group) is 1. The lowest BCUT2D eigenvalue weighted by Crippen LogP contribution is -2.52. The molecule has 2 amide bonds. The van der Waals surface area contributed by atoms with E-state index < -0.39 is 0 Å². The summed E-state index contributed by atoms with van der Waals surface area (Å²) in [5, 5.41) is 6.79. The molecule has 0 atom stereocenters. The lowest BCUT2D eigenvalue weighted by molar-refractivity contribution is -0.127. The second-order valence-corrected chi connectivity index (χ2v) is 10.5. The van der Waals surface area contributed by atoms with Gasteiger partial charge in [-0.15, -0.1) is 0 Å². The van der Waals surface area contributed by atoms with Crippen LogP contribution in [-0.4, -0.2) is 42.4 Å². The van der Waals surface area contributed by atoms with Gasteiger partial charge in [-0.2, -0.15) is 0 Å². The lowest BCUT2D eigenvalue weighted by Gasteiger charge is -2.45. The summed E-state index contributed by atoms with van der Waals surface area (Å²) in [5.41, 5.74) is 2.33. The predicted molar refractivity (Wildman–Crippen MR) is 137 cm³/mol. The summed E-state index contributed by atoms with van der Waals surface area (Å²) in [6.07, 6.45) is 5.22. The molecule has 2 aromatic carbocycles. The standard InChI is InChI=1S/C26H33BrClN3O2/c1-31(2)26(17-19-5-4-8-22(28)16-19)13-11-23(12-14-26)30-25(33)10-9-24(32)29-18-20-6-3-7-21(27)15-20/h3-8,15-16,23H,9-14,17-18H2,1-2H3,(H,29,32)(H,30,33). The molecule has 0 heterocycles. The minimum Gasteiger partial charge on any atom is -0.353 e. The van der Waals surface area contributed by atoms with Gasteiger partial charge in [-0.3, -0.25) is 9.59 Å². The number of carbonyl (C=O) groups excluding carboxylic acids is 2. The van der Waals surface area contributed by atoms with Crippen LogP contribution in [0.5, 0.6) is 0 Å². The zero-order valence-corrected chi connectivity index (χ0v) is 21.7. The van der Waals surface area contributed by atoms with E-state index in [0.717, 1.165) is 47.2 Å². The van der Waals surface area contributed by atoms with Gasteiger partial charge in [0.25, 0.3) is 0 Å². The molecule has 2 aromatic rings. The molecule has 33 heavy (non-hydrogen) atoms. The number of hydrogen-bond acceptors (Lipinski definition) is 3. The summed E-state index contributed by atoms with van der Waals surface area (Å²) in [4.78, 5) is 26.9. The third-order valence-corrected chi connectivity index (χ3v) is 7.34. The van der Waals surface area contributed by atoms with Gasteiger partial charge in [-0.05, 0) is 81.6 Å². The molecule has 1 aliphatic rings. The fourth-order valence-electron chi connectivity index (χ4n) is 4.57. The number of nitrogens with zero attached hydrogens (tertiary/aromatic N) is 1. The molecule has 3 rings (SSSR count). The fourth-order valence-corrected chi connectivity index (χ4v) is 5.23. The van der Waals surface area contributed by atoms with E-state index in [4.69, 9.17) is 11.6 Å². The molecule has 7 heteroatoms. The number of amides is 2. The first kappa shape index (κ1) is 25.7. The third-order valence-electron chi connectivity index (χ3n) is 6.61. The first-order valence-corrected chi connectivity index (χ1v) is 12.7. The molecule has 0 spiro atoms. The van der Waals surface area contributed by atoms with Crippen molar-refractivity contribution in [2.45, 2.75) is 63.1 Å². The van der Waals surface area contributed by atoms with Crippen molar-refractivity contribution in [1.82, 2.24) is 15.5 Å². The van der Waals surface area contributed by atoms with E-state index in [0.29, 0.717) is 6.54 Å². The summed E-state index contributed by atoms with van der Waals surface area (Å²) in [5.74, 6) is -0.160. The van der Waals surface area contributed by atoms with E-state index >= 15 is 0 Å². The van der Waals surface area contributed by atoms with Gasteiger partial charge in [-0.1, -0.05) is 51.8 Å². The van der Waals surface area contributed by atoms with Crippen molar-refractivity contribution in [1.29, 1.82) is 0 Å². The van der Waals surface area contributed by atoms with Crippen molar-refractivity contribution in [3.05, 3.63) is 69.2 Å². The molecule has 0 radical (unpaired) electrons. The van der Waals surface area contributed by atoms with Crippen LogP contribution < -0.4 is 10.6 Å². The van der Waals surface area contributed by atoms with Gasteiger partial charge in [0.05, 0.1) is 0 Å². The van der Waals surface area contributed by atoms with Gasteiger partial charge in [0, 0.05) is 40.5 Å². The summed E-state index contributed by atoms with van der Waals surface area (Å²) < 4.78 is 0.979. The Balaban J connectivity index is 1.41. The van der Waals surface area contributed by atoms with E-state index in [1.807, 2.05) is 42.5 Å². The van der Waals surface area contributed by atoms with Crippen molar-refractivity contribution < 1.29 is 9.59 Å². The monoisotopic (exact) mass is 533 g/mol. The molecular formula is C26H33BrClN3O2. The second kappa shape index (κ2) is 12.0. The molecule has 1 fully saturated rings. The fraction of sp³-hybridized carbons (Fsp3) is 0.462. The van der Waals surface area contributed by atoms with Crippen molar-refractivity contribution in [3.63, 3.8) is 0 Å². The highest BCUT2D eigenvalue weighted by Crippen LogP contribution is 2.36. The number of carbonyl (C=O) groups is 2. The van der Waals surface area contributed by atoms with E-state index in [2.05, 4.69) is 51.6 Å². The Labute approximate surface area is 210 Å². The van der Waals surface area contributed by atoms with Gasteiger partial charge < -0.3 is 15.5 Å². The van der Waals surface area contributed by atoms with Crippen LogP contribution >= 0.6 is 27.5 Å². The molecule has 0 aromatic heterocycles. The van der Waals surface area contributed by atoms with Crippen LogP contribution in [0.1, 0.15) is 49.7 Å². The minimum absolute atomic E-state index is 0.0511. The quantitative estimate of drug-likeness (QED) is 0.470. The molecule has 2 N–H and O–H groups in total. The SMILES string of the molecule is CN(C)C1(Cc2cccc(Cl)c2)CCC(NC(=O)CCC(=O)NCc2cccc(Br)c2)CC1. The number of hydrogen-bond donors (Lipinski definition) is 2. The van der Waals surface area contributed by atoms with Crippen molar-refractivity contribution >= 4 is 39.3 Å². The molecule has 0 unspecified atom stereocenters. The first-order valence-electron chi connectivity index (χ1n) is 11.5. The summed E-state index contributed by atoms with van der Waals surface area (Å²) in [6, 6.07) is 16.0. The van der Waals surface area contributed by atoms with Crippen molar-refractivity contribution in [2.75, 3.05) is 14.1 Å². The molecule has 1 aliphatic carbocycles. The molecule has 1 saturated carbocycles. The zero-order valence-electron chi connectivity index (χ0n) is 19.4. The van der Waals surface area contributed by atoms with Crippen LogP contribution in [-0.2, 0) is 22.6 Å². The van der Waals surface area contributed by atoms with E-state index in [9.17, 15) is 9.59 Å². The van der Waals surface area contributed by atoms with Crippen molar-refractivity contribution in [3.8, 4) is 0 Å². The average Bonchev–Trinajstić information content (AvgIpc) is 2.78. The lowest BCUT2D eigenvalue weighted by atomic mass is 9.75. The van der Waals surface area contributed by atoms with E-state index in [-0.39, 0.29) is 36.2 Å². The summed E-state index contributed by atoms with van der Waals surface area (Å²) >= 11 is 9.61. The van der Waals surface area contributed by atoms with E-state index in [1.165, 1.54) is 5.56 Å². The Morgan fingerprint density at radius 2 is 1.70 bits per heavy atom. The van der Waals surface area contributed by atoms with Gasteiger partial charge in [0.1, 0.15) is 0 Å². The molecule has 5 nitrogen and oxygen atoms in total. The maximum Gasteiger partial charge on any atom is 0.220 e. The topological polar surface area (TPSA) is 61.4 Å². The summed E-state index contributed by atoms with van der Waals surface area (Å²) in [6.45, 7) is 0.460. The highest BCUT2D eigenvalue weighted by atomic mass is 79.9. The molecule has 178 valence electrons. The van der Waals surface area contributed by atoms with Crippen LogP contribution in [0.2, 0.25) is 5.02 Å². The predicted octanol–water partition coefficient (Wildman–Crippen LogP) is 5.10. The van der Waals surface area contributed by atoms with Gasteiger partial charge >= 0.3 is 0 Å². The highest BCUT2D eigenvalue weighted by Gasteiger charge is 2.37. The largest absolute Gasteiger partial charge is 0.353 e. The van der Waals surface area contributed by atoms with Crippen LogP contribution in [0.25, 0.3) is 0 Å². The molecule has 0 saturated heterocycles. The van der Waals surface area contributed by atoms with Gasteiger partial charge in [0.15, 0.2) is 0 Å². The maximum absolute atomic E-state index is 12.4. The van der Waals surface area contributed by atoms with Crippen molar-refractivity contribution in [2.24, 2.45) is 0 Å². The Hall–Kier alpha value is -1.89. The average molecular weight is 535 g/mol. The smallest absolute Gasteiger partial charge is 0.220 e. The van der Waals surface area contributed by atoms with Crippen LogP contribution in [0.3, 0.4) is 0 Å².